The minimum absolute atomic E-state index is 0.0640. The highest BCUT2D eigenvalue weighted by Gasteiger charge is 2.34. The fourth-order valence-electron chi connectivity index (χ4n) is 2.44. The molecule has 0 spiro atoms. The van der Waals surface area contributed by atoms with Gasteiger partial charge in [-0.1, -0.05) is 18.2 Å². The van der Waals surface area contributed by atoms with Crippen LogP contribution in [0, 0.1) is 0 Å². The number of ether oxygens (including phenoxy) is 1. The Morgan fingerprint density at radius 2 is 1.87 bits per heavy atom. The zero-order valence-electron chi connectivity index (χ0n) is 12.0. The summed E-state index contributed by atoms with van der Waals surface area (Å²) in [6.45, 7) is 0. The first-order valence-electron chi connectivity index (χ1n) is 6.67. The lowest BCUT2D eigenvalue weighted by atomic mass is 10.0. The van der Waals surface area contributed by atoms with Crippen LogP contribution in [0.15, 0.2) is 46.9 Å². The summed E-state index contributed by atoms with van der Waals surface area (Å²) in [7, 11) is 1.40. The van der Waals surface area contributed by atoms with Crippen LogP contribution in [0.4, 0.5) is 13.2 Å². The maximum atomic E-state index is 13.1. The van der Waals surface area contributed by atoms with Crippen molar-refractivity contribution >= 4 is 17.3 Å². The zero-order valence-corrected chi connectivity index (χ0v) is 12.0. The van der Waals surface area contributed by atoms with Crippen LogP contribution in [0.5, 0.6) is 5.75 Å². The molecular weight excluding hydrogens is 309 g/mol. The Hall–Kier alpha value is -2.76. The number of furan rings is 1. The van der Waals surface area contributed by atoms with Gasteiger partial charge in [-0.05, 0) is 24.3 Å². The molecular formula is C17H11F3O3. The van der Waals surface area contributed by atoms with E-state index in [1.165, 1.54) is 43.5 Å². The van der Waals surface area contributed by atoms with E-state index in [1.807, 2.05) is 0 Å². The third-order valence-electron chi connectivity index (χ3n) is 3.46. The highest BCUT2D eigenvalue weighted by molar-refractivity contribution is 5.93. The monoisotopic (exact) mass is 320 g/mol. The molecule has 0 atom stereocenters. The molecule has 0 saturated carbocycles. The molecule has 0 amide bonds. The molecule has 0 aliphatic carbocycles. The van der Waals surface area contributed by atoms with E-state index in [0.717, 1.165) is 6.07 Å². The Bertz CT molecular complexity index is 878. The van der Waals surface area contributed by atoms with Gasteiger partial charge in [-0.2, -0.15) is 13.2 Å². The van der Waals surface area contributed by atoms with E-state index >= 15 is 0 Å². The van der Waals surface area contributed by atoms with Gasteiger partial charge in [-0.25, -0.2) is 0 Å². The van der Waals surface area contributed by atoms with Gasteiger partial charge in [0.2, 0.25) is 0 Å². The number of hydrogen-bond acceptors (Lipinski definition) is 3. The van der Waals surface area contributed by atoms with Crippen molar-refractivity contribution in [1.29, 1.82) is 0 Å². The molecule has 0 unspecified atom stereocenters. The van der Waals surface area contributed by atoms with E-state index in [9.17, 15) is 18.0 Å². The van der Waals surface area contributed by atoms with Crippen LogP contribution < -0.4 is 4.74 Å². The quantitative estimate of drug-likeness (QED) is 0.642. The maximum absolute atomic E-state index is 13.1. The summed E-state index contributed by atoms with van der Waals surface area (Å²) in [5.74, 6) is 0.356. The van der Waals surface area contributed by atoms with Crippen LogP contribution in [-0.4, -0.2) is 13.4 Å². The number of rotatable bonds is 3. The summed E-state index contributed by atoms with van der Waals surface area (Å²) in [5.41, 5.74) is -0.199. The second-order valence-corrected chi connectivity index (χ2v) is 4.91. The predicted octanol–water partition coefficient (Wildman–Crippen LogP) is 4.94. The lowest BCUT2D eigenvalue weighted by Gasteiger charge is -2.10. The second-order valence-electron chi connectivity index (χ2n) is 4.91. The van der Waals surface area contributed by atoms with E-state index in [1.54, 1.807) is 0 Å². The number of halogens is 3. The van der Waals surface area contributed by atoms with Gasteiger partial charge in [0.1, 0.15) is 12.0 Å². The second kappa shape index (κ2) is 5.46. The van der Waals surface area contributed by atoms with E-state index < -0.39 is 11.7 Å². The first kappa shape index (κ1) is 15.1. The molecule has 23 heavy (non-hydrogen) atoms. The lowest BCUT2D eigenvalue weighted by molar-refractivity contribution is -0.137. The van der Waals surface area contributed by atoms with Gasteiger partial charge in [0.05, 0.1) is 12.7 Å². The van der Waals surface area contributed by atoms with Gasteiger partial charge in [-0.15, -0.1) is 0 Å². The molecule has 1 heterocycles. The topological polar surface area (TPSA) is 39.4 Å². The molecule has 0 bridgehead atoms. The molecule has 118 valence electrons. The predicted molar refractivity (Wildman–Crippen MR) is 78.6 cm³/mol. The van der Waals surface area contributed by atoms with Gasteiger partial charge in [0, 0.05) is 16.5 Å². The summed E-state index contributed by atoms with van der Waals surface area (Å²) < 4.78 is 50.1. The Labute approximate surface area is 129 Å². The SMILES string of the molecule is COc1cc(C=O)cc2cc(-c3ccccc3C(F)(F)F)oc12. The number of fused-ring (bicyclic) bond motifs is 1. The van der Waals surface area contributed by atoms with Crippen LogP contribution in [0.2, 0.25) is 0 Å². The van der Waals surface area contributed by atoms with Crippen LogP contribution >= 0.6 is 0 Å². The number of methoxy groups -OCH3 is 1. The molecule has 3 rings (SSSR count). The summed E-state index contributed by atoms with van der Waals surface area (Å²) in [4.78, 5) is 10.9. The molecule has 0 aliphatic heterocycles. The molecule has 0 aliphatic rings. The van der Waals surface area contributed by atoms with Crippen molar-refractivity contribution in [2.24, 2.45) is 0 Å². The number of hydrogen-bond donors (Lipinski definition) is 0. The van der Waals surface area contributed by atoms with Crippen molar-refractivity contribution in [1.82, 2.24) is 0 Å². The molecule has 3 aromatic rings. The van der Waals surface area contributed by atoms with Crippen LogP contribution in [0.1, 0.15) is 15.9 Å². The first-order chi connectivity index (χ1) is 10.9. The van der Waals surface area contributed by atoms with Crippen LogP contribution in [0.25, 0.3) is 22.3 Å². The summed E-state index contributed by atoms with van der Waals surface area (Å²) in [6.07, 6.45) is -3.86. The van der Waals surface area contributed by atoms with Crippen molar-refractivity contribution < 1.29 is 27.1 Å². The Balaban J connectivity index is 2.25. The van der Waals surface area contributed by atoms with Crippen molar-refractivity contribution in [2.75, 3.05) is 7.11 Å². The normalized spacial score (nSPS) is 11.7. The van der Waals surface area contributed by atoms with Crippen molar-refractivity contribution in [3.05, 3.63) is 53.6 Å². The van der Waals surface area contributed by atoms with E-state index in [2.05, 4.69) is 0 Å². The third kappa shape index (κ3) is 2.67. The molecule has 3 nitrogen and oxygen atoms in total. The standard InChI is InChI=1S/C17H11F3O3/c1-22-15-7-10(9-21)6-11-8-14(23-16(11)15)12-4-2-3-5-13(12)17(18,19)20/h2-9H,1H3. The van der Waals surface area contributed by atoms with Crippen LogP contribution in [-0.2, 0) is 6.18 Å². The number of carbonyl (C=O) groups excluding carboxylic acids is 1. The summed E-state index contributed by atoms with van der Waals surface area (Å²) >= 11 is 0. The Morgan fingerprint density at radius 3 is 2.52 bits per heavy atom. The number of alkyl halides is 3. The minimum Gasteiger partial charge on any atom is -0.493 e. The number of aldehydes is 1. The van der Waals surface area contributed by atoms with E-state index in [-0.39, 0.29) is 11.3 Å². The zero-order chi connectivity index (χ0) is 16.6. The van der Waals surface area contributed by atoms with Crippen molar-refractivity contribution in [2.45, 2.75) is 6.18 Å². The molecule has 0 saturated heterocycles. The smallest absolute Gasteiger partial charge is 0.417 e. The summed E-state index contributed by atoms with van der Waals surface area (Å²) in [5, 5.41) is 0.499. The lowest BCUT2D eigenvalue weighted by Crippen LogP contribution is -2.06. The van der Waals surface area contributed by atoms with Gasteiger partial charge in [0.15, 0.2) is 11.3 Å². The average molecular weight is 320 g/mol. The van der Waals surface area contributed by atoms with Gasteiger partial charge < -0.3 is 9.15 Å². The Morgan fingerprint density at radius 1 is 1.13 bits per heavy atom. The molecule has 6 heteroatoms. The highest BCUT2D eigenvalue weighted by atomic mass is 19.4. The third-order valence-corrected chi connectivity index (χ3v) is 3.46. The fraction of sp³-hybridized carbons (Fsp3) is 0.118. The first-order valence-corrected chi connectivity index (χ1v) is 6.67. The van der Waals surface area contributed by atoms with Crippen molar-refractivity contribution in [3.63, 3.8) is 0 Å². The van der Waals surface area contributed by atoms with E-state index in [0.29, 0.717) is 28.6 Å². The number of benzene rings is 2. The molecule has 1 aromatic heterocycles. The molecule has 0 fully saturated rings. The van der Waals surface area contributed by atoms with Gasteiger partial charge >= 0.3 is 6.18 Å². The minimum atomic E-state index is -4.49. The maximum Gasteiger partial charge on any atom is 0.417 e. The molecule has 2 aromatic carbocycles. The molecule has 0 radical (unpaired) electrons. The largest absolute Gasteiger partial charge is 0.493 e. The highest BCUT2D eigenvalue weighted by Crippen LogP contribution is 2.40. The van der Waals surface area contributed by atoms with Gasteiger partial charge in [0.25, 0.3) is 0 Å². The van der Waals surface area contributed by atoms with Crippen molar-refractivity contribution in [3.8, 4) is 17.1 Å². The Kier molecular flexibility index (Phi) is 3.60. The van der Waals surface area contributed by atoms with E-state index in [4.69, 9.17) is 9.15 Å². The number of carbonyl (C=O) groups is 1. The summed E-state index contributed by atoms with van der Waals surface area (Å²) in [6, 6.07) is 9.64. The van der Waals surface area contributed by atoms with Crippen LogP contribution in [0.3, 0.4) is 0 Å². The fourth-order valence-corrected chi connectivity index (χ4v) is 2.44. The van der Waals surface area contributed by atoms with Gasteiger partial charge in [-0.3, -0.25) is 4.79 Å². The average Bonchev–Trinajstić information content (AvgIpc) is 2.96. The molecule has 0 N–H and O–H groups in total.